The average Bonchev–Trinajstić information content (AvgIpc) is 2.56. The van der Waals surface area contributed by atoms with E-state index in [1.165, 1.54) is 23.6 Å². The number of aryl methyl sites for hydroxylation is 2. The summed E-state index contributed by atoms with van der Waals surface area (Å²) < 4.78 is 1.62. The Labute approximate surface area is 153 Å². The molecule has 1 aromatic carbocycles. The molecular formula is C19H25N3O2S. The molecule has 6 heteroatoms. The first-order valence-electron chi connectivity index (χ1n) is 8.61. The highest BCUT2D eigenvalue weighted by Gasteiger charge is 2.12. The van der Waals surface area contributed by atoms with Crippen LogP contribution in [0.1, 0.15) is 49.3 Å². The molecule has 25 heavy (non-hydrogen) atoms. The van der Waals surface area contributed by atoms with Crippen molar-refractivity contribution in [2.24, 2.45) is 4.99 Å². The number of nitrogens with one attached hydrogen (secondary N) is 1. The molecule has 2 aromatic rings. The van der Waals surface area contributed by atoms with Gasteiger partial charge in [0.05, 0.1) is 5.69 Å². The molecule has 0 aliphatic rings. The number of hydrogen-bond acceptors (Lipinski definition) is 4. The fourth-order valence-electron chi connectivity index (χ4n) is 2.54. The fourth-order valence-corrected chi connectivity index (χ4v) is 2.83. The van der Waals surface area contributed by atoms with E-state index in [0.29, 0.717) is 12.2 Å². The minimum atomic E-state index is -0.431. The lowest BCUT2D eigenvalue weighted by Gasteiger charge is -2.12. The maximum Gasteiger partial charge on any atom is 0.264 e. The van der Waals surface area contributed by atoms with Crippen molar-refractivity contribution in [3.8, 4) is 11.6 Å². The monoisotopic (exact) mass is 359 g/mol. The molecule has 0 spiro atoms. The van der Waals surface area contributed by atoms with Gasteiger partial charge in [0.1, 0.15) is 5.56 Å². The number of aliphatic imine (C=N–C) groups is 1. The van der Waals surface area contributed by atoms with Gasteiger partial charge >= 0.3 is 0 Å². The lowest BCUT2D eigenvalue weighted by atomic mass is 10.1. The lowest BCUT2D eigenvalue weighted by molar-refractivity contribution is 0.432. The van der Waals surface area contributed by atoms with Crippen LogP contribution in [0, 0.1) is 18.6 Å². The molecule has 2 rings (SSSR count). The third-order valence-electron chi connectivity index (χ3n) is 4.23. The van der Waals surface area contributed by atoms with Gasteiger partial charge in [-0.1, -0.05) is 32.3 Å². The van der Waals surface area contributed by atoms with Crippen LogP contribution in [0.25, 0.3) is 5.69 Å². The summed E-state index contributed by atoms with van der Waals surface area (Å²) in [4.78, 5) is 19.0. The minimum absolute atomic E-state index is 0.127. The first-order chi connectivity index (χ1) is 12.0. The van der Waals surface area contributed by atoms with Crippen LogP contribution in [0.5, 0.6) is 5.88 Å². The van der Waals surface area contributed by atoms with Gasteiger partial charge in [-0.05, 0) is 55.7 Å². The van der Waals surface area contributed by atoms with Gasteiger partial charge in [-0.15, -0.1) is 0 Å². The molecule has 0 atom stereocenters. The van der Waals surface area contributed by atoms with Crippen molar-refractivity contribution in [2.45, 2.75) is 46.5 Å². The highest BCUT2D eigenvalue weighted by molar-refractivity contribution is 7.71. The van der Waals surface area contributed by atoms with Gasteiger partial charge in [0, 0.05) is 12.8 Å². The van der Waals surface area contributed by atoms with Crippen molar-refractivity contribution >= 4 is 18.4 Å². The zero-order valence-electron chi connectivity index (χ0n) is 15.0. The molecule has 0 saturated heterocycles. The Morgan fingerprint density at radius 1 is 1.24 bits per heavy atom. The number of rotatable bonds is 7. The largest absolute Gasteiger partial charge is 0.494 e. The molecule has 0 radical (unpaired) electrons. The number of nitrogens with zero attached hydrogens (tertiary/aromatic N) is 2. The van der Waals surface area contributed by atoms with Gasteiger partial charge < -0.3 is 5.11 Å². The molecule has 0 amide bonds. The molecule has 134 valence electrons. The molecular weight excluding hydrogens is 334 g/mol. The van der Waals surface area contributed by atoms with Gasteiger partial charge in [0.2, 0.25) is 5.88 Å². The van der Waals surface area contributed by atoms with Crippen molar-refractivity contribution in [2.75, 3.05) is 6.54 Å². The molecule has 5 nitrogen and oxygen atoms in total. The maximum atomic E-state index is 12.1. The molecule has 1 aromatic heterocycles. The Kier molecular flexibility index (Phi) is 6.70. The highest BCUT2D eigenvalue weighted by atomic mass is 32.1. The first-order valence-corrected chi connectivity index (χ1v) is 9.02. The third kappa shape index (κ3) is 4.66. The summed E-state index contributed by atoms with van der Waals surface area (Å²) in [6.45, 7) is 6.80. The minimum Gasteiger partial charge on any atom is -0.494 e. The van der Waals surface area contributed by atoms with Crippen LogP contribution in [-0.2, 0) is 0 Å². The molecule has 1 heterocycles. The summed E-state index contributed by atoms with van der Waals surface area (Å²) in [5, 5.41) is 10.6. The molecule has 0 fully saturated rings. The van der Waals surface area contributed by atoms with Gasteiger partial charge in [-0.25, -0.2) is 0 Å². The predicted molar refractivity (Wildman–Crippen MR) is 105 cm³/mol. The van der Waals surface area contributed by atoms with Crippen LogP contribution in [0.4, 0.5) is 0 Å². The van der Waals surface area contributed by atoms with Crippen molar-refractivity contribution in [3.63, 3.8) is 0 Å². The average molecular weight is 359 g/mol. The lowest BCUT2D eigenvalue weighted by Crippen LogP contribution is -2.18. The van der Waals surface area contributed by atoms with Gasteiger partial charge in [-0.3, -0.25) is 19.3 Å². The summed E-state index contributed by atoms with van der Waals surface area (Å²) in [6.07, 6.45) is 5.87. The van der Waals surface area contributed by atoms with Crippen LogP contribution in [0.3, 0.4) is 0 Å². The van der Waals surface area contributed by atoms with E-state index >= 15 is 0 Å². The molecule has 0 unspecified atom stereocenters. The standard InChI is InChI=1S/C19H25N3O2S/c1-4-5-6-7-10-20-12-16-17(23)21-19(25)22(18(16)24)15-9-8-13(2)14(3)11-15/h8-9,11-12,24H,4-7,10H2,1-3H3,(H,21,23,25). The fraction of sp³-hybridized carbons (Fsp3) is 0.421. The van der Waals surface area contributed by atoms with E-state index in [1.54, 1.807) is 0 Å². The van der Waals surface area contributed by atoms with E-state index in [4.69, 9.17) is 12.2 Å². The van der Waals surface area contributed by atoms with Crippen LogP contribution < -0.4 is 5.56 Å². The number of hydrogen-bond donors (Lipinski definition) is 2. The first kappa shape index (κ1) is 19.1. The van der Waals surface area contributed by atoms with E-state index in [1.807, 2.05) is 32.0 Å². The van der Waals surface area contributed by atoms with E-state index in [0.717, 1.165) is 24.0 Å². The van der Waals surface area contributed by atoms with Gasteiger partial charge in [0.25, 0.3) is 5.56 Å². The Morgan fingerprint density at radius 3 is 2.68 bits per heavy atom. The highest BCUT2D eigenvalue weighted by Crippen LogP contribution is 2.21. The quantitative estimate of drug-likeness (QED) is 0.442. The summed E-state index contributed by atoms with van der Waals surface area (Å²) in [7, 11) is 0. The Bertz CT molecular complexity index is 881. The molecule has 0 aliphatic heterocycles. The van der Waals surface area contributed by atoms with E-state index in [9.17, 15) is 9.90 Å². The normalized spacial score (nSPS) is 11.3. The Balaban J connectivity index is 2.36. The second-order valence-corrected chi connectivity index (χ2v) is 6.58. The van der Waals surface area contributed by atoms with Crippen molar-refractivity contribution in [1.82, 2.24) is 9.55 Å². The molecule has 2 N–H and O–H groups in total. The molecule has 0 saturated carbocycles. The van der Waals surface area contributed by atoms with E-state index < -0.39 is 5.56 Å². The van der Waals surface area contributed by atoms with Crippen LogP contribution in [0.2, 0.25) is 0 Å². The van der Waals surface area contributed by atoms with Crippen molar-refractivity contribution in [1.29, 1.82) is 0 Å². The smallest absolute Gasteiger partial charge is 0.264 e. The zero-order valence-corrected chi connectivity index (χ0v) is 15.8. The summed E-state index contributed by atoms with van der Waals surface area (Å²) in [5.74, 6) is -0.186. The van der Waals surface area contributed by atoms with Crippen LogP contribution in [-0.4, -0.2) is 27.4 Å². The van der Waals surface area contributed by atoms with Crippen molar-refractivity contribution < 1.29 is 5.11 Å². The van der Waals surface area contributed by atoms with Crippen molar-refractivity contribution in [3.05, 3.63) is 50.0 Å². The second-order valence-electron chi connectivity index (χ2n) is 6.20. The van der Waals surface area contributed by atoms with E-state index in [2.05, 4.69) is 16.9 Å². The maximum absolute atomic E-state index is 12.1. The van der Waals surface area contributed by atoms with E-state index in [-0.39, 0.29) is 16.2 Å². The topological polar surface area (TPSA) is 70.4 Å². The Hall–Kier alpha value is -2.21. The Morgan fingerprint density at radius 2 is 2.00 bits per heavy atom. The summed E-state index contributed by atoms with van der Waals surface area (Å²) >= 11 is 5.23. The zero-order chi connectivity index (χ0) is 18.4. The molecule has 0 bridgehead atoms. The SMILES string of the molecule is CCCCCCN=Cc1c(O)n(-c2ccc(C)c(C)c2)c(=S)[nH]c1=O. The number of H-pyrrole nitrogens is 1. The molecule has 0 aliphatic carbocycles. The van der Waals surface area contributed by atoms with Gasteiger partial charge in [-0.2, -0.15) is 0 Å². The van der Waals surface area contributed by atoms with Gasteiger partial charge in [0.15, 0.2) is 4.77 Å². The number of aromatic hydroxyl groups is 1. The number of aromatic amines is 1. The number of benzene rings is 1. The third-order valence-corrected chi connectivity index (χ3v) is 4.52. The second kappa shape index (κ2) is 8.76. The predicted octanol–water partition coefficient (Wildman–Crippen LogP) is 4.22. The summed E-state index contributed by atoms with van der Waals surface area (Å²) in [6, 6.07) is 5.75. The number of aromatic nitrogens is 2. The van der Waals surface area contributed by atoms with Crippen LogP contribution >= 0.6 is 12.2 Å². The summed E-state index contributed by atoms with van der Waals surface area (Å²) in [5.41, 5.74) is 2.63. The van der Waals surface area contributed by atoms with Crippen LogP contribution in [0.15, 0.2) is 28.0 Å². The number of unbranched alkanes of at least 4 members (excludes halogenated alkanes) is 3.